The highest BCUT2D eigenvalue weighted by atomic mass is 32.2. The van der Waals surface area contributed by atoms with Crippen LogP contribution >= 0.6 is 0 Å². The topological polar surface area (TPSA) is 88.9 Å². The molecule has 8 heteroatoms. The molecule has 0 saturated carbocycles. The number of furan rings is 1. The summed E-state index contributed by atoms with van der Waals surface area (Å²) >= 11 is 0. The van der Waals surface area contributed by atoms with Crippen molar-refractivity contribution < 1.29 is 22.4 Å². The molecule has 1 aliphatic rings. The van der Waals surface area contributed by atoms with Crippen LogP contribution in [0.2, 0.25) is 0 Å². The summed E-state index contributed by atoms with van der Waals surface area (Å²) in [5, 5.41) is 0. The van der Waals surface area contributed by atoms with Gasteiger partial charge < -0.3 is 14.1 Å². The van der Waals surface area contributed by atoms with Crippen LogP contribution in [0.15, 0.2) is 52.0 Å². The molecule has 7 nitrogen and oxygen atoms in total. The summed E-state index contributed by atoms with van der Waals surface area (Å²) in [5.74, 6) is 0.501. The summed E-state index contributed by atoms with van der Waals surface area (Å²) in [6.07, 6.45) is 2.21. The SMILES string of the molecule is CC(C)(C)OC(=O)N1CCC(NS(=O)(=O)c2ccccc2-c2ccco2)CC1. The fourth-order valence-corrected chi connectivity index (χ4v) is 4.64. The van der Waals surface area contributed by atoms with Crippen LogP contribution < -0.4 is 4.72 Å². The van der Waals surface area contributed by atoms with Gasteiger partial charge in [0.1, 0.15) is 11.4 Å². The predicted octanol–water partition coefficient (Wildman–Crippen LogP) is 3.62. The molecular weight excluding hydrogens is 380 g/mol. The number of hydrogen-bond acceptors (Lipinski definition) is 5. The number of nitrogens with zero attached hydrogens (tertiary/aromatic N) is 1. The minimum absolute atomic E-state index is 0.180. The molecule has 1 aromatic carbocycles. The van der Waals surface area contributed by atoms with E-state index in [4.69, 9.17) is 9.15 Å². The molecule has 1 fully saturated rings. The highest BCUT2D eigenvalue weighted by Gasteiger charge is 2.30. The molecule has 28 heavy (non-hydrogen) atoms. The monoisotopic (exact) mass is 406 g/mol. The van der Waals surface area contributed by atoms with E-state index in [1.807, 2.05) is 20.8 Å². The number of amides is 1. The standard InChI is InChI=1S/C20H26N2O5S/c1-20(2,3)27-19(23)22-12-10-15(11-13-22)21-28(24,25)18-9-5-4-7-16(18)17-8-6-14-26-17/h4-9,14-15,21H,10-13H2,1-3H3. The molecule has 0 atom stereocenters. The van der Waals surface area contributed by atoms with E-state index in [-0.39, 0.29) is 17.0 Å². The molecule has 1 aromatic heterocycles. The summed E-state index contributed by atoms with van der Waals surface area (Å²) in [6.45, 7) is 6.36. The molecule has 3 rings (SSSR count). The van der Waals surface area contributed by atoms with E-state index in [2.05, 4.69) is 4.72 Å². The quantitative estimate of drug-likeness (QED) is 0.838. The van der Waals surface area contributed by atoms with Gasteiger partial charge in [-0.3, -0.25) is 0 Å². The van der Waals surface area contributed by atoms with Crippen molar-refractivity contribution in [2.75, 3.05) is 13.1 Å². The molecule has 0 radical (unpaired) electrons. The van der Waals surface area contributed by atoms with E-state index in [0.717, 1.165) is 0 Å². The number of piperidine rings is 1. The maximum Gasteiger partial charge on any atom is 0.410 e. The fraction of sp³-hybridized carbons (Fsp3) is 0.450. The third-order valence-electron chi connectivity index (χ3n) is 4.43. The Morgan fingerprint density at radius 1 is 1.14 bits per heavy atom. The third-order valence-corrected chi connectivity index (χ3v) is 6.01. The second-order valence-electron chi connectivity index (χ2n) is 7.84. The van der Waals surface area contributed by atoms with E-state index in [1.54, 1.807) is 41.3 Å². The smallest absolute Gasteiger partial charge is 0.410 e. The molecule has 152 valence electrons. The Morgan fingerprint density at radius 2 is 1.82 bits per heavy atom. The van der Waals surface area contributed by atoms with E-state index >= 15 is 0 Å². The maximum atomic E-state index is 13.0. The first-order chi connectivity index (χ1) is 13.2. The van der Waals surface area contributed by atoms with Gasteiger partial charge in [0.15, 0.2) is 0 Å². The lowest BCUT2D eigenvalue weighted by atomic mass is 10.1. The molecule has 1 saturated heterocycles. The average Bonchev–Trinajstić information content (AvgIpc) is 3.15. The first kappa shape index (κ1) is 20.4. The Kier molecular flexibility index (Phi) is 5.81. The molecule has 1 N–H and O–H groups in total. The van der Waals surface area contributed by atoms with Crippen LogP contribution in [0.25, 0.3) is 11.3 Å². The number of benzene rings is 1. The second-order valence-corrected chi connectivity index (χ2v) is 9.52. The third kappa shape index (κ3) is 4.94. The van der Waals surface area contributed by atoms with Gasteiger partial charge in [-0.25, -0.2) is 17.9 Å². The van der Waals surface area contributed by atoms with E-state index < -0.39 is 15.6 Å². The molecule has 0 aliphatic carbocycles. The maximum absolute atomic E-state index is 13.0. The zero-order valence-electron chi connectivity index (χ0n) is 16.3. The van der Waals surface area contributed by atoms with Crippen LogP contribution in [0.4, 0.5) is 4.79 Å². The Bertz CT molecular complexity index is 908. The number of carbonyl (C=O) groups is 1. The number of carbonyl (C=O) groups excluding carboxylic acids is 1. The van der Waals surface area contributed by atoms with Crippen molar-refractivity contribution in [2.24, 2.45) is 0 Å². The second kappa shape index (κ2) is 7.97. The number of sulfonamides is 1. The van der Waals surface area contributed by atoms with Gasteiger partial charge in [-0.2, -0.15) is 0 Å². The van der Waals surface area contributed by atoms with Crippen LogP contribution in [0, 0.1) is 0 Å². The summed E-state index contributed by atoms with van der Waals surface area (Å²) in [7, 11) is -3.73. The molecule has 1 aliphatic heterocycles. The molecule has 1 amide bonds. The van der Waals surface area contributed by atoms with Crippen molar-refractivity contribution in [3.63, 3.8) is 0 Å². The van der Waals surface area contributed by atoms with Gasteiger partial charge in [0.2, 0.25) is 10.0 Å². The molecule has 0 unspecified atom stereocenters. The number of likely N-dealkylation sites (tertiary alicyclic amines) is 1. The van der Waals surface area contributed by atoms with Crippen molar-refractivity contribution in [1.29, 1.82) is 0 Å². The lowest BCUT2D eigenvalue weighted by Gasteiger charge is -2.33. The van der Waals surface area contributed by atoms with Gasteiger partial charge in [0.25, 0.3) is 0 Å². The van der Waals surface area contributed by atoms with Gasteiger partial charge in [0.05, 0.1) is 11.2 Å². The van der Waals surface area contributed by atoms with Gasteiger partial charge in [-0.05, 0) is 57.9 Å². The zero-order valence-corrected chi connectivity index (χ0v) is 17.2. The van der Waals surface area contributed by atoms with E-state index in [9.17, 15) is 13.2 Å². The predicted molar refractivity (Wildman–Crippen MR) is 105 cm³/mol. The zero-order chi connectivity index (χ0) is 20.4. The highest BCUT2D eigenvalue weighted by Crippen LogP contribution is 2.28. The lowest BCUT2D eigenvalue weighted by Crippen LogP contribution is -2.47. The minimum Gasteiger partial charge on any atom is -0.464 e. The molecule has 0 spiro atoms. The van der Waals surface area contributed by atoms with Crippen molar-refractivity contribution >= 4 is 16.1 Å². The van der Waals surface area contributed by atoms with Crippen LogP contribution in [-0.4, -0.2) is 44.1 Å². The van der Waals surface area contributed by atoms with Gasteiger partial charge >= 0.3 is 6.09 Å². The van der Waals surface area contributed by atoms with Crippen molar-refractivity contribution in [2.45, 2.75) is 50.2 Å². The summed E-state index contributed by atoms with van der Waals surface area (Å²) in [6, 6.07) is 9.96. The van der Waals surface area contributed by atoms with Crippen LogP contribution in [0.1, 0.15) is 33.6 Å². The first-order valence-corrected chi connectivity index (χ1v) is 10.8. The number of nitrogens with one attached hydrogen (secondary N) is 1. The number of ether oxygens (including phenoxy) is 1. The van der Waals surface area contributed by atoms with Crippen LogP contribution in [0.5, 0.6) is 0 Å². The van der Waals surface area contributed by atoms with Gasteiger partial charge in [-0.1, -0.05) is 12.1 Å². The van der Waals surface area contributed by atoms with Gasteiger partial charge in [-0.15, -0.1) is 0 Å². The Labute approximate surface area is 165 Å². The van der Waals surface area contributed by atoms with Crippen LogP contribution in [0.3, 0.4) is 0 Å². The highest BCUT2D eigenvalue weighted by molar-refractivity contribution is 7.89. The summed E-state index contributed by atoms with van der Waals surface area (Å²) in [5.41, 5.74) is -0.0309. The van der Waals surface area contributed by atoms with Crippen molar-refractivity contribution in [1.82, 2.24) is 9.62 Å². The Balaban J connectivity index is 1.66. The molecule has 0 bridgehead atoms. The summed E-state index contributed by atoms with van der Waals surface area (Å²) in [4.78, 5) is 14.0. The molecule has 2 aromatic rings. The average molecular weight is 407 g/mol. The van der Waals surface area contributed by atoms with Gasteiger partial charge in [0, 0.05) is 24.7 Å². The summed E-state index contributed by atoms with van der Waals surface area (Å²) < 4.78 is 39.4. The minimum atomic E-state index is -3.73. The first-order valence-electron chi connectivity index (χ1n) is 9.29. The van der Waals surface area contributed by atoms with E-state index in [0.29, 0.717) is 37.3 Å². The molecule has 2 heterocycles. The normalized spacial score (nSPS) is 16.2. The lowest BCUT2D eigenvalue weighted by molar-refractivity contribution is 0.0203. The largest absolute Gasteiger partial charge is 0.464 e. The van der Waals surface area contributed by atoms with Crippen molar-refractivity contribution in [3.05, 3.63) is 42.7 Å². The van der Waals surface area contributed by atoms with Crippen molar-refractivity contribution in [3.8, 4) is 11.3 Å². The Morgan fingerprint density at radius 3 is 2.43 bits per heavy atom. The van der Waals surface area contributed by atoms with E-state index in [1.165, 1.54) is 6.26 Å². The number of hydrogen-bond donors (Lipinski definition) is 1. The van der Waals surface area contributed by atoms with Crippen LogP contribution in [-0.2, 0) is 14.8 Å². The molecular formula is C20H26N2O5S. The number of rotatable bonds is 4. The fourth-order valence-electron chi connectivity index (χ4n) is 3.13. The Hall–Kier alpha value is -2.32.